The lowest BCUT2D eigenvalue weighted by Crippen LogP contribution is -2.51. The minimum atomic E-state index is -1.09. The molecule has 1 aliphatic carbocycles. The number of esters is 1. The van der Waals surface area contributed by atoms with Crippen molar-refractivity contribution >= 4 is 45.0 Å². The first-order chi connectivity index (χ1) is 30.5. The van der Waals surface area contributed by atoms with Gasteiger partial charge in [-0.05, 0) is 103 Å². The number of fused-ring (bicyclic) bond motifs is 2. The first-order valence-electron chi connectivity index (χ1n) is 21.6. The van der Waals surface area contributed by atoms with Crippen LogP contribution in [0.1, 0.15) is 107 Å². The number of carbonyl (C=O) groups is 3. The van der Waals surface area contributed by atoms with Crippen LogP contribution in [0.2, 0.25) is 0 Å². The van der Waals surface area contributed by atoms with Crippen LogP contribution in [0.4, 0.5) is 0 Å². The van der Waals surface area contributed by atoms with E-state index in [1.807, 2.05) is 115 Å². The van der Waals surface area contributed by atoms with Crippen LogP contribution in [0.15, 0.2) is 95.6 Å². The molecule has 2 amide bonds. The lowest BCUT2D eigenvalue weighted by molar-refractivity contribution is -0.149. The van der Waals surface area contributed by atoms with Crippen molar-refractivity contribution in [2.75, 3.05) is 13.2 Å². The number of nitrogens with two attached hydrogens (primary N) is 1. The summed E-state index contributed by atoms with van der Waals surface area (Å²) in [6.07, 6.45) is 4.67. The third-order valence-electron chi connectivity index (χ3n) is 11.0. The Kier molecular flexibility index (Phi) is 16.0. The molecule has 0 radical (unpaired) electrons. The SMILES string of the molecule is C[C@H]1CCC(C(=O)OCc2cccc3nnc([C@@H](COCc4ccccc4)NC(=O)C(C)(C)N)n23)C1.Cc1ccccc1COC[C@@H](NC(=O)C(C)(C)C)c1nnc2ccc(Br)cn12. The predicted molar refractivity (Wildman–Crippen MR) is 246 cm³/mol. The first-order valence-corrected chi connectivity index (χ1v) is 22.4. The highest BCUT2D eigenvalue weighted by molar-refractivity contribution is 9.10. The zero-order valence-corrected chi connectivity index (χ0v) is 39.3. The Morgan fingerprint density at radius 1 is 0.766 bits per heavy atom. The first kappa shape index (κ1) is 47.9. The second-order valence-electron chi connectivity index (χ2n) is 18.1. The van der Waals surface area contributed by atoms with Crippen molar-refractivity contribution in [1.82, 2.24) is 39.8 Å². The maximum Gasteiger partial charge on any atom is 0.309 e. The molecule has 4 N–H and O–H groups in total. The highest BCUT2D eigenvalue weighted by atomic mass is 79.9. The number of rotatable bonds is 16. The fourth-order valence-electron chi connectivity index (χ4n) is 7.18. The molecule has 2 aromatic carbocycles. The molecular weight excluding hydrogens is 878 g/mol. The van der Waals surface area contributed by atoms with Gasteiger partial charge < -0.3 is 30.6 Å². The van der Waals surface area contributed by atoms with Crippen LogP contribution in [-0.2, 0) is 48.4 Å². The van der Waals surface area contributed by atoms with Gasteiger partial charge in [-0.1, -0.05) is 88.4 Å². The summed E-state index contributed by atoms with van der Waals surface area (Å²) in [5.41, 5.74) is 9.76. The quantitative estimate of drug-likeness (QED) is 0.0814. The van der Waals surface area contributed by atoms with E-state index in [1.54, 1.807) is 13.8 Å². The van der Waals surface area contributed by atoms with Crippen molar-refractivity contribution < 1.29 is 28.6 Å². The fourth-order valence-corrected chi connectivity index (χ4v) is 7.52. The minimum absolute atomic E-state index is 0.0511. The summed E-state index contributed by atoms with van der Waals surface area (Å²) < 4.78 is 22.2. The fraction of sp³-hybridized carbons (Fsp3) is 0.438. The molecule has 0 saturated heterocycles. The third-order valence-corrected chi connectivity index (χ3v) is 11.5. The largest absolute Gasteiger partial charge is 0.459 e. The van der Waals surface area contributed by atoms with E-state index < -0.39 is 23.0 Å². The van der Waals surface area contributed by atoms with Crippen molar-refractivity contribution in [3.63, 3.8) is 0 Å². The van der Waals surface area contributed by atoms with Gasteiger partial charge in [0.15, 0.2) is 22.9 Å². The van der Waals surface area contributed by atoms with E-state index in [0.717, 1.165) is 34.9 Å². The molecule has 0 aliphatic heterocycles. The molecule has 16 heteroatoms. The molecule has 1 unspecified atom stereocenters. The number of nitrogens with one attached hydrogen (secondary N) is 2. The number of carbonyl (C=O) groups excluding carboxylic acids is 3. The van der Waals surface area contributed by atoms with Gasteiger partial charge in [-0.2, -0.15) is 0 Å². The van der Waals surface area contributed by atoms with Gasteiger partial charge >= 0.3 is 5.97 Å². The molecule has 6 aromatic rings. The van der Waals surface area contributed by atoms with Crippen molar-refractivity contribution in [3.05, 3.63) is 130 Å². The summed E-state index contributed by atoms with van der Waals surface area (Å²) >= 11 is 3.48. The number of ether oxygens (including phenoxy) is 3. The van der Waals surface area contributed by atoms with Crippen LogP contribution in [-0.4, -0.2) is 65.7 Å². The number of amides is 2. The number of pyridine rings is 2. The molecule has 1 aliphatic rings. The Bertz CT molecular complexity index is 2510. The number of halogens is 1. The zero-order valence-electron chi connectivity index (χ0n) is 37.7. The summed E-state index contributed by atoms with van der Waals surface area (Å²) in [7, 11) is 0. The molecule has 7 rings (SSSR count). The van der Waals surface area contributed by atoms with Crippen molar-refractivity contribution in [2.24, 2.45) is 23.0 Å². The summed E-state index contributed by atoms with van der Waals surface area (Å²) in [4.78, 5) is 38.1. The molecule has 64 heavy (non-hydrogen) atoms. The number of hydrogen-bond donors (Lipinski definition) is 3. The summed E-state index contributed by atoms with van der Waals surface area (Å²) in [6.45, 7) is 14.5. The normalized spacial score (nSPS) is 16.2. The van der Waals surface area contributed by atoms with E-state index in [2.05, 4.69) is 66.9 Å². The third kappa shape index (κ3) is 12.8. The average Bonchev–Trinajstić information content (AvgIpc) is 4.01. The van der Waals surface area contributed by atoms with E-state index in [0.29, 0.717) is 54.4 Å². The monoisotopic (exact) mass is 937 g/mol. The van der Waals surface area contributed by atoms with Crippen LogP contribution in [0.3, 0.4) is 0 Å². The van der Waals surface area contributed by atoms with Gasteiger partial charge in [-0.25, -0.2) is 0 Å². The van der Waals surface area contributed by atoms with E-state index in [-0.39, 0.29) is 36.9 Å². The van der Waals surface area contributed by atoms with Gasteiger partial charge in [-0.15, -0.1) is 20.4 Å². The molecule has 15 nitrogen and oxygen atoms in total. The lowest BCUT2D eigenvalue weighted by Gasteiger charge is -2.24. The number of aryl methyl sites for hydroxylation is 1. The van der Waals surface area contributed by atoms with E-state index in [9.17, 15) is 14.4 Å². The number of benzene rings is 2. The maximum absolute atomic E-state index is 12.8. The second-order valence-corrected chi connectivity index (χ2v) is 19.0. The average molecular weight is 939 g/mol. The van der Waals surface area contributed by atoms with E-state index in [4.69, 9.17) is 19.9 Å². The van der Waals surface area contributed by atoms with E-state index in [1.165, 1.54) is 5.56 Å². The highest BCUT2D eigenvalue weighted by Crippen LogP contribution is 2.31. The second kappa shape index (κ2) is 21.4. The van der Waals surface area contributed by atoms with Crippen molar-refractivity contribution in [2.45, 2.75) is 105 Å². The topological polar surface area (TPSA) is 189 Å². The number of hydrogen-bond acceptors (Lipinski definition) is 11. The Morgan fingerprint density at radius 2 is 1.42 bits per heavy atom. The highest BCUT2D eigenvalue weighted by Gasteiger charge is 2.31. The molecule has 1 saturated carbocycles. The van der Waals surface area contributed by atoms with Crippen molar-refractivity contribution in [1.29, 1.82) is 0 Å². The molecule has 0 spiro atoms. The number of nitrogens with zero attached hydrogens (tertiary/aromatic N) is 6. The molecule has 4 heterocycles. The van der Waals surface area contributed by atoms with E-state index >= 15 is 0 Å². The molecule has 340 valence electrons. The molecular formula is C48H60BrN9O6. The summed E-state index contributed by atoms with van der Waals surface area (Å²) in [5, 5.41) is 23.2. The number of aromatic nitrogens is 6. The minimum Gasteiger partial charge on any atom is -0.459 e. The summed E-state index contributed by atoms with van der Waals surface area (Å²) in [5.74, 6) is 1.03. The Labute approximate surface area is 383 Å². The van der Waals surface area contributed by atoms with Crippen LogP contribution in [0.5, 0.6) is 0 Å². The van der Waals surface area contributed by atoms with Gasteiger partial charge in [0.1, 0.15) is 18.7 Å². The van der Waals surface area contributed by atoms with Crippen LogP contribution >= 0.6 is 15.9 Å². The Balaban J connectivity index is 0.000000219. The maximum atomic E-state index is 12.8. The molecule has 1 fully saturated rings. The van der Waals surface area contributed by atoms with Crippen LogP contribution < -0.4 is 16.4 Å². The lowest BCUT2D eigenvalue weighted by atomic mass is 9.95. The Morgan fingerprint density at radius 3 is 2.11 bits per heavy atom. The Hall–Kier alpha value is -5.55. The summed E-state index contributed by atoms with van der Waals surface area (Å²) in [6, 6.07) is 26.1. The zero-order chi connectivity index (χ0) is 46.0. The van der Waals surface area contributed by atoms with Gasteiger partial charge in [0.25, 0.3) is 0 Å². The predicted octanol–water partition coefficient (Wildman–Crippen LogP) is 7.54. The van der Waals surface area contributed by atoms with Gasteiger partial charge in [0.05, 0.1) is 43.6 Å². The van der Waals surface area contributed by atoms with Gasteiger partial charge in [-0.3, -0.25) is 23.2 Å². The van der Waals surface area contributed by atoms with Gasteiger partial charge in [0, 0.05) is 16.1 Å². The molecule has 4 aromatic heterocycles. The molecule has 0 bridgehead atoms. The van der Waals surface area contributed by atoms with Crippen LogP contribution in [0, 0.1) is 24.2 Å². The van der Waals surface area contributed by atoms with Crippen molar-refractivity contribution in [3.8, 4) is 0 Å². The standard InChI is InChI=1S/C27H35N5O4.C21H25BrN4O2/c1-18-12-13-20(14-18)25(33)36-16-21-10-7-11-23-30-31-24(32(21)23)22(29-26(34)27(2,3)28)17-35-15-19-8-5-4-6-9-19;1-14-7-5-6-8-15(14)12-28-13-17(23-20(27)21(2,3)4)19-25-24-18-10-9-16(22)11-26(18)19/h4-11,18,20,22H,12-17,28H2,1-3H3,(H,29,34);5-11,17H,12-13H2,1-4H3,(H,23,27)/t18-,20?,22+;17-/m01/s1. The molecule has 4 atom stereocenters. The van der Waals surface area contributed by atoms with Gasteiger partial charge in [0.2, 0.25) is 11.8 Å². The van der Waals surface area contributed by atoms with Crippen LogP contribution in [0.25, 0.3) is 11.3 Å². The smallest absolute Gasteiger partial charge is 0.309 e.